The maximum Gasteiger partial charge on any atom is 0.257 e. The van der Waals surface area contributed by atoms with Crippen LogP contribution in [0.1, 0.15) is 48.2 Å². The van der Waals surface area contributed by atoms with Gasteiger partial charge in [-0.15, -0.1) is 0 Å². The van der Waals surface area contributed by atoms with Gasteiger partial charge in [0.15, 0.2) is 5.43 Å². The number of amides is 1. The van der Waals surface area contributed by atoms with Crippen LogP contribution >= 0.6 is 15.9 Å². The third-order valence-corrected chi connectivity index (χ3v) is 4.82. The summed E-state index contributed by atoms with van der Waals surface area (Å²) in [5, 5.41) is 3.78. The molecule has 1 amide bonds. The fourth-order valence-electron chi connectivity index (χ4n) is 2.58. The highest BCUT2D eigenvalue weighted by molar-refractivity contribution is 9.09. The van der Waals surface area contributed by atoms with E-state index >= 15 is 0 Å². The lowest BCUT2D eigenvalue weighted by molar-refractivity contribution is 0.0885. The van der Waals surface area contributed by atoms with Crippen LogP contribution in [-0.4, -0.2) is 21.8 Å². The van der Waals surface area contributed by atoms with E-state index in [1.807, 2.05) is 0 Å². The molecule has 1 saturated carbocycles. The van der Waals surface area contributed by atoms with E-state index in [1.165, 1.54) is 18.7 Å². The van der Waals surface area contributed by atoms with Crippen LogP contribution in [0.15, 0.2) is 17.1 Å². The smallest absolute Gasteiger partial charge is 0.257 e. The Labute approximate surface area is 121 Å². The van der Waals surface area contributed by atoms with Crippen LogP contribution in [0.3, 0.4) is 0 Å². The molecule has 0 radical (unpaired) electrons. The molecule has 0 bridgehead atoms. The molecule has 1 aliphatic carbocycles. The minimum atomic E-state index is -0.275. The van der Waals surface area contributed by atoms with Gasteiger partial charge in [-0.05, 0) is 19.8 Å². The first-order chi connectivity index (χ1) is 9.06. The van der Waals surface area contributed by atoms with E-state index in [0.717, 1.165) is 36.7 Å². The molecule has 0 unspecified atom stereocenters. The van der Waals surface area contributed by atoms with E-state index in [0.29, 0.717) is 0 Å². The van der Waals surface area contributed by atoms with E-state index < -0.39 is 0 Å². The Morgan fingerprint density at radius 2 is 2.11 bits per heavy atom. The summed E-state index contributed by atoms with van der Waals surface area (Å²) in [5.41, 5.74) is 0.521. The third kappa shape index (κ3) is 3.26. The average molecular weight is 327 g/mol. The van der Waals surface area contributed by atoms with Crippen molar-refractivity contribution in [1.29, 1.82) is 0 Å². The quantitative estimate of drug-likeness (QED) is 0.838. The number of hydrogen-bond acceptors (Lipinski definition) is 2. The van der Waals surface area contributed by atoms with Crippen molar-refractivity contribution in [2.75, 3.05) is 5.33 Å². The van der Waals surface area contributed by atoms with Crippen LogP contribution in [-0.2, 0) is 0 Å². The second kappa shape index (κ2) is 5.90. The standard InChI is InChI=1S/C14H19BrN2O2/c1-10-7-12(18)11(8-16-10)13(19)17-14(9-15)5-3-2-4-6-14/h7-8H,2-6,9H2,1H3,(H,16,18)(H,17,19). The predicted octanol–water partition coefficient (Wildman–Crippen LogP) is 2.51. The molecule has 0 saturated heterocycles. The number of carbonyl (C=O) groups is 1. The molecule has 0 aromatic carbocycles. The number of rotatable bonds is 3. The van der Waals surface area contributed by atoms with Crippen molar-refractivity contribution in [3.63, 3.8) is 0 Å². The van der Waals surface area contributed by atoms with Crippen molar-refractivity contribution < 1.29 is 4.79 Å². The number of H-pyrrole nitrogens is 1. The third-order valence-electron chi connectivity index (χ3n) is 3.75. The van der Waals surface area contributed by atoms with Crippen LogP contribution in [0.5, 0.6) is 0 Å². The summed E-state index contributed by atoms with van der Waals surface area (Å²) in [6.07, 6.45) is 6.89. The van der Waals surface area contributed by atoms with Gasteiger partial charge >= 0.3 is 0 Å². The van der Waals surface area contributed by atoms with E-state index in [4.69, 9.17) is 0 Å². The van der Waals surface area contributed by atoms with Gasteiger partial charge in [0.25, 0.3) is 5.91 Å². The van der Waals surface area contributed by atoms with Gasteiger partial charge in [0.2, 0.25) is 0 Å². The predicted molar refractivity (Wildman–Crippen MR) is 78.9 cm³/mol. The molecule has 4 nitrogen and oxygen atoms in total. The van der Waals surface area contributed by atoms with Crippen LogP contribution in [0.4, 0.5) is 0 Å². The lowest BCUT2D eigenvalue weighted by Crippen LogP contribution is -2.52. The number of aromatic amines is 1. The van der Waals surface area contributed by atoms with Crippen molar-refractivity contribution >= 4 is 21.8 Å². The minimum absolute atomic E-state index is 0.191. The maximum atomic E-state index is 12.3. The molecule has 2 N–H and O–H groups in total. The summed E-state index contributed by atoms with van der Waals surface area (Å²) >= 11 is 3.50. The molecule has 1 fully saturated rings. The number of aryl methyl sites for hydroxylation is 1. The fourth-order valence-corrected chi connectivity index (χ4v) is 3.28. The van der Waals surface area contributed by atoms with Crippen LogP contribution in [0.25, 0.3) is 0 Å². The van der Waals surface area contributed by atoms with Crippen molar-refractivity contribution in [3.05, 3.63) is 33.7 Å². The first kappa shape index (κ1) is 14.3. The van der Waals surface area contributed by atoms with E-state index in [9.17, 15) is 9.59 Å². The SMILES string of the molecule is Cc1cc(=O)c(C(=O)NC2(CBr)CCCCC2)c[nH]1. The Bertz CT molecular complexity index is 518. The number of aromatic nitrogens is 1. The molecular formula is C14H19BrN2O2. The highest BCUT2D eigenvalue weighted by atomic mass is 79.9. The second-order valence-electron chi connectivity index (χ2n) is 5.32. The van der Waals surface area contributed by atoms with Gasteiger partial charge in [-0.1, -0.05) is 35.2 Å². The highest BCUT2D eigenvalue weighted by Crippen LogP contribution is 2.29. The van der Waals surface area contributed by atoms with E-state index in [-0.39, 0.29) is 22.4 Å². The van der Waals surface area contributed by atoms with Gasteiger partial charge in [-0.2, -0.15) is 0 Å². The van der Waals surface area contributed by atoms with Crippen molar-refractivity contribution in [2.45, 2.75) is 44.6 Å². The van der Waals surface area contributed by atoms with Crippen molar-refractivity contribution in [1.82, 2.24) is 10.3 Å². The molecule has 1 heterocycles. The molecule has 1 aromatic rings. The molecule has 0 spiro atoms. The summed E-state index contributed by atoms with van der Waals surface area (Å²) in [6, 6.07) is 1.45. The Balaban J connectivity index is 2.17. The Kier molecular flexibility index (Phi) is 4.45. The number of alkyl halides is 1. The van der Waals surface area contributed by atoms with Crippen molar-refractivity contribution in [2.24, 2.45) is 0 Å². The Hall–Kier alpha value is -1.10. The molecule has 19 heavy (non-hydrogen) atoms. The molecule has 1 aliphatic rings. The van der Waals surface area contributed by atoms with Crippen LogP contribution < -0.4 is 10.7 Å². The Morgan fingerprint density at radius 3 is 2.68 bits per heavy atom. The number of pyridine rings is 1. The number of carbonyl (C=O) groups excluding carboxylic acids is 1. The molecule has 1 aromatic heterocycles. The molecule has 0 aliphatic heterocycles. The van der Waals surface area contributed by atoms with Gasteiger partial charge < -0.3 is 10.3 Å². The zero-order chi connectivity index (χ0) is 13.9. The highest BCUT2D eigenvalue weighted by Gasteiger charge is 2.33. The zero-order valence-electron chi connectivity index (χ0n) is 11.1. The first-order valence-electron chi connectivity index (χ1n) is 6.64. The van der Waals surface area contributed by atoms with E-state index in [1.54, 1.807) is 6.92 Å². The lowest BCUT2D eigenvalue weighted by atomic mass is 9.83. The fraction of sp³-hybridized carbons (Fsp3) is 0.571. The first-order valence-corrected chi connectivity index (χ1v) is 7.76. The normalized spacial score (nSPS) is 18.0. The summed E-state index contributed by atoms with van der Waals surface area (Å²) in [7, 11) is 0. The number of nitrogens with one attached hydrogen (secondary N) is 2. The number of hydrogen-bond donors (Lipinski definition) is 2. The van der Waals surface area contributed by atoms with Gasteiger partial charge in [-0.25, -0.2) is 0 Å². The van der Waals surface area contributed by atoms with Crippen LogP contribution in [0.2, 0.25) is 0 Å². The van der Waals surface area contributed by atoms with E-state index in [2.05, 4.69) is 26.2 Å². The van der Waals surface area contributed by atoms with Gasteiger partial charge in [0.05, 0.1) is 5.54 Å². The molecular weight excluding hydrogens is 308 g/mol. The summed E-state index contributed by atoms with van der Waals surface area (Å²) in [6.45, 7) is 1.80. The lowest BCUT2D eigenvalue weighted by Gasteiger charge is -2.36. The summed E-state index contributed by atoms with van der Waals surface area (Å²) in [4.78, 5) is 27.0. The monoisotopic (exact) mass is 326 g/mol. The maximum absolute atomic E-state index is 12.3. The molecule has 5 heteroatoms. The minimum Gasteiger partial charge on any atom is -0.364 e. The zero-order valence-corrected chi connectivity index (χ0v) is 12.7. The van der Waals surface area contributed by atoms with Gasteiger partial charge in [-0.3, -0.25) is 9.59 Å². The number of halogens is 1. The molecule has 2 rings (SSSR count). The van der Waals surface area contributed by atoms with Gasteiger partial charge in [0.1, 0.15) is 5.56 Å². The average Bonchev–Trinajstić information content (AvgIpc) is 2.39. The largest absolute Gasteiger partial charge is 0.364 e. The van der Waals surface area contributed by atoms with Crippen LogP contribution in [0, 0.1) is 6.92 Å². The second-order valence-corrected chi connectivity index (χ2v) is 5.88. The van der Waals surface area contributed by atoms with Crippen molar-refractivity contribution in [3.8, 4) is 0 Å². The summed E-state index contributed by atoms with van der Waals surface area (Å²) < 4.78 is 0. The summed E-state index contributed by atoms with van der Waals surface area (Å²) in [5.74, 6) is -0.275. The Morgan fingerprint density at radius 1 is 1.42 bits per heavy atom. The molecule has 0 atom stereocenters. The molecule has 104 valence electrons. The topological polar surface area (TPSA) is 62.0 Å². The van der Waals surface area contributed by atoms with Gasteiger partial charge in [0, 0.05) is 23.3 Å².